The predicted octanol–water partition coefficient (Wildman–Crippen LogP) is 3.74. The molecule has 3 aromatic carbocycles. The first kappa shape index (κ1) is 24.2. The molecule has 0 bridgehead atoms. The summed E-state index contributed by atoms with van der Waals surface area (Å²) in [6.07, 6.45) is 0. The number of carbonyl (C=O) groups excluding carboxylic acids is 1. The van der Waals surface area contributed by atoms with Crippen LogP contribution in [0.2, 0.25) is 10.0 Å². The number of nitrogens with zero attached hydrogens (tertiary/aromatic N) is 3. The molecule has 0 atom stereocenters. The Kier molecular flexibility index (Phi) is 6.99. The van der Waals surface area contributed by atoms with E-state index in [1.165, 1.54) is 22.8 Å². The largest absolute Gasteiger partial charge is 0.350 e. The van der Waals surface area contributed by atoms with E-state index in [1.54, 1.807) is 48.5 Å². The average Bonchev–Trinajstić information content (AvgIpc) is 2.84. The Labute approximate surface area is 208 Å². The van der Waals surface area contributed by atoms with Gasteiger partial charge in [0.05, 0.1) is 22.4 Å². The number of hydrogen-bond donors (Lipinski definition) is 1. The molecule has 0 radical (unpaired) electrons. The van der Waals surface area contributed by atoms with Gasteiger partial charge in [0.1, 0.15) is 6.54 Å². The summed E-state index contributed by atoms with van der Waals surface area (Å²) in [7, 11) is 0. The van der Waals surface area contributed by atoms with Crippen LogP contribution in [-0.2, 0) is 24.4 Å². The van der Waals surface area contributed by atoms with E-state index in [9.17, 15) is 24.5 Å². The van der Waals surface area contributed by atoms with Crippen LogP contribution in [0.3, 0.4) is 0 Å². The van der Waals surface area contributed by atoms with Gasteiger partial charge in [0, 0.05) is 28.7 Å². The number of halogens is 2. The second kappa shape index (κ2) is 10.1. The van der Waals surface area contributed by atoms with Crippen molar-refractivity contribution < 1.29 is 9.72 Å². The van der Waals surface area contributed by atoms with Crippen molar-refractivity contribution in [3.05, 3.63) is 119 Å². The molecule has 0 unspecified atom stereocenters. The normalized spacial score (nSPS) is 10.9. The lowest BCUT2D eigenvalue weighted by molar-refractivity contribution is -0.384. The maximum absolute atomic E-state index is 13.3. The van der Waals surface area contributed by atoms with Crippen molar-refractivity contribution in [2.45, 2.75) is 19.6 Å². The quantitative estimate of drug-likeness (QED) is 0.299. The molecule has 4 aromatic rings. The maximum Gasteiger partial charge on any atom is 0.332 e. The minimum Gasteiger partial charge on any atom is -0.350 e. The topological polar surface area (TPSA) is 116 Å². The Hall–Kier alpha value is -3.95. The van der Waals surface area contributed by atoms with Gasteiger partial charge in [0.25, 0.3) is 11.2 Å². The zero-order chi connectivity index (χ0) is 25.1. The molecule has 35 heavy (non-hydrogen) atoms. The third-order valence-electron chi connectivity index (χ3n) is 5.39. The summed E-state index contributed by atoms with van der Waals surface area (Å²) in [6, 6.07) is 17.2. The van der Waals surface area contributed by atoms with E-state index >= 15 is 0 Å². The molecule has 1 amide bonds. The van der Waals surface area contributed by atoms with Crippen LogP contribution in [0.4, 0.5) is 5.69 Å². The van der Waals surface area contributed by atoms with Crippen molar-refractivity contribution in [3.63, 3.8) is 0 Å². The molecule has 0 aliphatic heterocycles. The number of nitro benzene ring substituents is 1. The van der Waals surface area contributed by atoms with E-state index in [0.717, 1.165) is 4.57 Å². The summed E-state index contributed by atoms with van der Waals surface area (Å²) in [5, 5.41) is 14.9. The van der Waals surface area contributed by atoms with Crippen LogP contribution in [0.5, 0.6) is 0 Å². The van der Waals surface area contributed by atoms with Crippen LogP contribution in [0.25, 0.3) is 10.9 Å². The predicted molar refractivity (Wildman–Crippen MR) is 133 cm³/mol. The lowest BCUT2D eigenvalue weighted by atomic mass is 10.2. The highest BCUT2D eigenvalue weighted by Gasteiger charge is 2.17. The van der Waals surface area contributed by atoms with Gasteiger partial charge < -0.3 is 5.32 Å². The molecular formula is C24H18Cl2N4O5. The number of amides is 1. The van der Waals surface area contributed by atoms with E-state index in [-0.39, 0.29) is 24.2 Å². The summed E-state index contributed by atoms with van der Waals surface area (Å²) in [6.45, 7) is -0.453. The average molecular weight is 513 g/mol. The van der Waals surface area contributed by atoms with Gasteiger partial charge >= 0.3 is 5.69 Å². The van der Waals surface area contributed by atoms with Gasteiger partial charge in [-0.25, -0.2) is 4.79 Å². The first-order chi connectivity index (χ1) is 16.7. The fraction of sp³-hybridized carbons (Fsp3) is 0.125. The summed E-state index contributed by atoms with van der Waals surface area (Å²) in [5.74, 6) is -0.563. The van der Waals surface area contributed by atoms with E-state index in [2.05, 4.69) is 5.32 Å². The summed E-state index contributed by atoms with van der Waals surface area (Å²) < 4.78 is 2.16. The number of fused-ring (bicyclic) bond motifs is 1. The first-order valence-corrected chi connectivity index (χ1v) is 11.2. The van der Waals surface area contributed by atoms with Gasteiger partial charge in [0.2, 0.25) is 5.91 Å². The van der Waals surface area contributed by atoms with E-state index in [0.29, 0.717) is 26.7 Å². The number of rotatable bonds is 7. The van der Waals surface area contributed by atoms with Crippen LogP contribution in [0.15, 0.2) is 76.3 Å². The molecule has 0 saturated carbocycles. The standard InChI is InChI=1S/C24H18Cl2N4O5/c25-17-9-8-16(20(26)11-17)12-27-22(31)14-29-23(32)19-6-1-2-7-21(19)28(24(29)33)13-15-4-3-5-18(10-15)30(34)35/h1-11H,12-14H2,(H,27,31). The lowest BCUT2D eigenvalue weighted by Crippen LogP contribution is -2.44. The van der Waals surface area contributed by atoms with Gasteiger partial charge in [-0.3, -0.25) is 28.8 Å². The van der Waals surface area contributed by atoms with Crippen molar-refractivity contribution in [2.24, 2.45) is 0 Å². The molecule has 9 nitrogen and oxygen atoms in total. The lowest BCUT2D eigenvalue weighted by Gasteiger charge is -2.14. The number of nitrogens with one attached hydrogen (secondary N) is 1. The zero-order valence-corrected chi connectivity index (χ0v) is 19.6. The zero-order valence-electron chi connectivity index (χ0n) is 18.1. The molecule has 0 aliphatic carbocycles. The Bertz CT molecular complexity index is 1580. The highest BCUT2D eigenvalue weighted by Crippen LogP contribution is 2.20. The number of hydrogen-bond acceptors (Lipinski definition) is 5. The minimum atomic E-state index is -0.708. The second-order valence-corrected chi connectivity index (χ2v) is 8.56. The summed E-state index contributed by atoms with van der Waals surface area (Å²) in [5.41, 5.74) is 0.0457. The molecule has 178 valence electrons. The second-order valence-electron chi connectivity index (χ2n) is 7.72. The molecule has 1 N–H and O–H groups in total. The summed E-state index contributed by atoms with van der Waals surface area (Å²) in [4.78, 5) is 49.6. The van der Waals surface area contributed by atoms with E-state index < -0.39 is 28.6 Å². The van der Waals surface area contributed by atoms with Gasteiger partial charge in [-0.05, 0) is 35.4 Å². The highest BCUT2D eigenvalue weighted by atomic mass is 35.5. The van der Waals surface area contributed by atoms with Crippen LogP contribution < -0.4 is 16.6 Å². The molecular weight excluding hydrogens is 495 g/mol. The molecule has 0 saturated heterocycles. The van der Waals surface area contributed by atoms with Crippen LogP contribution in [0, 0.1) is 10.1 Å². The number of non-ortho nitro benzene ring substituents is 1. The molecule has 11 heteroatoms. The Morgan fingerprint density at radius 3 is 2.49 bits per heavy atom. The summed E-state index contributed by atoms with van der Waals surface area (Å²) >= 11 is 12.0. The van der Waals surface area contributed by atoms with Gasteiger partial charge in [-0.1, -0.05) is 53.5 Å². The fourth-order valence-corrected chi connectivity index (χ4v) is 4.15. The van der Waals surface area contributed by atoms with Gasteiger partial charge in [0.15, 0.2) is 0 Å². The minimum absolute atomic E-state index is 0.0245. The maximum atomic E-state index is 13.3. The number of aromatic nitrogens is 2. The SMILES string of the molecule is O=C(Cn1c(=O)c2ccccc2n(Cc2cccc([N+](=O)[O-])c2)c1=O)NCc1ccc(Cl)cc1Cl. The van der Waals surface area contributed by atoms with Crippen molar-refractivity contribution in [3.8, 4) is 0 Å². The van der Waals surface area contributed by atoms with Crippen LogP contribution >= 0.6 is 23.2 Å². The number of carbonyl (C=O) groups is 1. The Balaban J connectivity index is 1.67. The Morgan fingerprint density at radius 2 is 1.74 bits per heavy atom. The van der Waals surface area contributed by atoms with Crippen molar-refractivity contribution in [1.82, 2.24) is 14.5 Å². The molecule has 0 fully saturated rings. The molecule has 1 heterocycles. The van der Waals surface area contributed by atoms with Crippen LogP contribution in [0.1, 0.15) is 11.1 Å². The number of benzene rings is 3. The number of nitro groups is 1. The van der Waals surface area contributed by atoms with Gasteiger partial charge in [-0.15, -0.1) is 0 Å². The van der Waals surface area contributed by atoms with Crippen molar-refractivity contribution in [1.29, 1.82) is 0 Å². The monoisotopic (exact) mass is 512 g/mol. The first-order valence-electron chi connectivity index (χ1n) is 10.4. The third-order valence-corrected chi connectivity index (χ3v) is 5.97. The highest BCUT2D eigenvalue weighted by molar-refractivity contribution is 6.35. The van der Waals surface area contributed by atoms with Crippen molar-refractivity contribution in [2.75, 3.05) is 0 Å². The molecule has 0 spiro atoms. The molecule has 1 aromatic heterocycles. The third kappa shape index (κ3) is 5.26. The van der Waals surface area contributed by atoms with Crippen molar-refractivity contribution >= 4 is 45.7 Å². The van der Waals surface area contributed by atoms with E-state index in [4.69, 9.17) is 23.2 Å². The van der Waals surface area contributed by atoms with E-state index in [1.807, 2.05) is 0 Å². The number of para-hydroxylation sites is 1. The molecule has 4 rings (SSSR count). The molecule has 0 aliphatic rings. The van der Waals surface area contributed by atoms with Crippen LogP contribution in [-0.4, -0.2) is 20.0 Å². The smallest absolute Gasteiger partial charge is 0.332 e. The van der Waals surface area contributed by atoms with Gasteiger partial charge in [-0.2, -0.15) is 0 Å². The fourth-order valence-electron chi connectivity index (χ4n) is 3.67. The Morgan fingerprint density at radius 1 is 0.971 bits per heavy atom.